The summed E-state index contributed by atoms with van der Waals surface area (Å²) in [6.45, 7) is 13.2. The molecule has 0 aromatic carbocycles. The molecule has 0 aromatic heterocycles. The zero-order valence-electron chi connectivity index (χ0n) is 11.3. The first kappa shape index (κ1) is 14.3. The van der Waals surface area contributed by atoms with Gasteiger partial charge in [0.1, 0.15) is 0 Å². The third-order valence-electron chi connectivity index (χ3n) is 2.42. The molecule has 0 radical (unpaired) electrons. The molecule has 0 aliphatic rings. The first-order chi connectivity index (χ1) is 6.83. The molecule has 0 saturated heterocycles. The lowest BCUT2D eigenvalue weighted by Gasteiger charge is -2.21. The van der Waals surface area contributed by atoms with E-state index < -0.39 is 0 Å². The van der Waals surface area contributed by atoms with Crippen LogP contribution in [0.4, 0.5) is 0 Å². The molecule has 0 unspecified atom stereocenters. The fourth-order valence-electron chi connectivity index (χ4n) is 1.39. The molecular weight excluding hydrogens is 180 g/mol. The van der Waals surface area contributed by atoms with Gasteiger partial charge >= 0.3 is 0 Å². The minimum absolute atomic E-state index is 0.397. The van der Waals surface area contributed by atoms with Gasteiger partial charge in [0.15, 0.2) is 0 Å². The van der Waals surface area contributed by atoms with Crippen LogP contribution in [-0.2, 0) is 0 Å². The van der Waals surface area contributed by atoms with Crippen LogP contribution in [0.1, 0.15) is 60.8 Å². The summed E-state index contributed by atoms with van der Waals surface area (Å²) >= 11 is 0. The van der Waals surface area contributed by atoms with Crippen molar-refractivity contribution in [1.82, 2.24) is 0 Å². The van der Waals surface area contributed by atoms with Crippen LogP contribution >= 0.6 is 0 Å². The molecule has 0 heterocycles. The summed E-state index contributed by atoms with van der Waals surface area (Å²) in [7, 11) is 0. The fraction of sp³-hybridized carbons (Fsp3) is 0.667. The Morgan fingerprint density at radius 2 is 1.73 bits per heavy atom. The van der Waals surface area contributed by atoms with Crippen LogP contribution in [0, 0.1) is 5.41 Å². The third-order valence-corrected chi connectivity index (χ3v) is 2.42. The maximum Gasteiger partial charge on any atom is -0.0223 e. The molecule has 0 fully saturated rings. The Labute approximate surface area is 95.8 Å². The van der Waals surface area contributed by atoms with E-state index in [-0.39, 0.29) is 0 Å². The molecule has 0 atom stereocenters. The summed E-state index contributed by atoms with van der Waals surface area (Å²) in [6.07, 6.45) is 8.07. The zero-order chi connectivity index (χ0) is 11.9. The third kappa shape index (κ3) is 9.56. The van der Waals surface area contributed by atoms with Crippen LogP contribution in [0.15, 0.2) is 29.0 Å². The fourth-order valence-corrected chi connectivity index (χ4v) is 1.39. The molecule has 0 rings (SSSR count). The van der Waals surface area contributed by atoms with E-state index in [1.165, 1.54) is 24.0 Å². The Morgan fingerprint density at radius 1 is 1.13 bits per heavy atom. The van der Waals surface area contributed by atoms with E-state index >= 15 is 0 Å². The average Bonchev–Trinajstić information content (AvgIpc) is 2.01. The van der Waals surface area contributed by atoms with Crippen molar-refractivity contribution in [2.24, 2.45) is 5.41 Å². The Morgan fingerprint density at radius 3 is 2.20 bits per heavy atom. The molecule has 0 aromatic rings. The van der Waals surface area contributed by atoms with Gasteiger partial charge in [-0.3, -0.25) is 0 Å². The minimum atomic E-state index is 0.397. The smallest absolute Gasteiger partial charge is 0.0223 e. The van der Waals surface area contributed by atoms with E-state index in [4.69, 9.17) is 0 Å². The van der Waals surface area contributed by atoms with Gasteiger partial charge in [-0.1, -0.05) is 25.5 Å². The predicted molar refractivity (Wildman–Crippen MR) is 70.0 cm³/mol. The monoisotopic (exact) mass is 206 g/mol. The van der Waals surface area contributed by atoms with Gasteiger partial charge in [-0.15, -0.1) is 5.73 Å². The molecule has 0 N–H and O–H groups in total. The number of rotatable bonds is 5. The Kier molecular flexibility index (Phi) is 6.36. The van der Waals surface area contributed by atoms with Gasteiger partial charge in [-0.25, -0.2) is 0 Å². The lowest BCUT2D eigenvalue weighted by atomic mass is 9.84. The SMILES string of the molecule is CC(C)=C=CCC(C)(C)CCC=C(C)C. The second-order valence-electron chi connectivity index (χ2n) is 5.54. The van der Waals surface area contributed by atoms with Crippen LogP contribution in [0.25, 0.3) is 0 Å². The van der Waals surface area contributed by atoms with Crippen LogP contribution in [0.3, 0.4) is 0 Å². The van der Waals surface area contributed by atoms with Gasteiger partial charge in [0.25, 0.3) is 0 Å². The quantitative estimate of drug-likeness (QED) is 0.424. The highest BCUT2D eigenvalue weighted by molar-refractivity contribution is 4.97. The molecule has 0 heteroatoms. The molecule has 0 nitrogen and oxygen atoms in total. The molecule has 0 saturated carbocycles. The normalized spacial score (nSPS) is 10.5. The number of hydrogen-bond donors (Lipinski definition) is 0. The van der Waals surface area contributed by atoms with Crippen LogP contribution < -0.4 is 0 Å². The molecule has 15 heavy (non-hydrogen) atoms. The summed E-state index contributed by atoms with van der Waals surface area (Å²) in [5, 5.41) is 0. The maximum atomic E-state index is 3.28. The minimum Gasteiger partial charge on any atom is -0.127 e. The van der Waals surface area contributed by atoms with Crippen molar-refractivity contribution in [1.29, 1.82) is 0 Å². The van der Waals surface area contributed by atoms with Crippen molar-refractivity contribution >= 4 is 0 Å². The van der Waals surface area contributed by atoms with E-state index in [1.54, 1.807) is 0 Å². The number of allylic oxidation sites excluding steroid dienone is 3. The first-order valence-electron chi connectivity index (χ1n) is 5.85. The highest BCUT2D eigenvalue weighted by Crippen LogP contribution is 2.27. The summed E-state index contributed by atoms with van der Waals surface area (Å²) < 4.78 is 0. The van der Waals surface area contributed by atoms with Crippen molar-refractivity contribution < 1.29 is 0 Å². The maximum absolute atomic E-state index is 3.28. The molecule has 0 spiro atoms. The van der Waals surface area contributed by atoms with Gasteiger partial charge in [0.2, 0.25) is 0 Å². The molecular formula is C15H26. The van der Waals surface area contributed by atoms with E-state index in [0.717, 1.165) is 6.42 Å². The summed E-state index contributed by atoms with van der Waals surface area (Å²) in [4.78, 5) is 0. The van der Waals surface area contributed by atoms with E-state index in [2.05, 4.69) is 59.4 Å². The van der Waals surface area contributed by atoms with Crippen molar-refractivity contribution in [3.63, 3.8) is 0 Å². The molecule has 0 amide bonds. The predicted octanol–water partition coefficient (Wildman–Crippen LogP) is 5.27. The van der Waals surface area contributed by atoms with Crippen LogP contribution in [-0.4, -0.2) is 0 Å². The Hall–Kier alpha value is -0.740. The average molecular weight is 206 g/mol. The second kappa shape index (κ2) is 6.69. The highest BCUT2D eigenvalue weighted by Gasteiger charge is 2.14. The summed E-state index contributed by atoms with van der Waals surface area (Å²) in [5.41, 5.74) is 6.36. The van der Waals surface area contributed by atoms with Gasteiger partial charge in [0.05, 0.1) is 0 Å². The zero-order valence-corrected chi connectivity index (χ0v) is 11.3. The van der Waals surface area contributed by atoms with E-state index in [1.807, 2.05) is 0 Å². The molecule has 0 bridgehead atoms. The lowest BCUT2D eigenvalue weighted by molar-refractivity contribution is 0.343. The van der Waals surface area contributed by atoms with Gasteiger partial charge in [-0.05, 0) is 64.0 Å². The number of hydrogen-bond acceptors (Lipinski definition) is 0. The second-order valence-corrected chi connectivity index (χ2v) is 5.54. The Bertz CT molecular complexity index is 262. The topological polar surface area (TPSA) is 0 Å². The standard InChI is InChI=1S/C15H26/c1-13(2)9-7-11-15(5,6)12-8-10-14(3)4/h7,10H,8,11-12H2,1-6H3. The summed E-state index contributed by atoms with van der Waals surface area (Å²) in [6, 6.07) is 0. The molecule has 0 aliphatic carbocycles. The highest BCUT2D eigenvalue weighted by atomic mass is 14.2. The van der Waals surface area contributed by atoms with Crippen molar-refractivity contribution in [2.75, 3.05) is 0 Å². The van der Waals surface area contributed by atoms with Crippen molar-refractivity contribution in [3.05, 3.63) is 29.0 Å². The largest absolute Gasteiger partial charge is 0.127 e. The van der Waals surface area contributed by atoms with Crippen molar-refractivity contribution in [3.8, 4) is 0 Å². The van der Waals surface area contributed by atoms with Crippen LogP contribution in [0.5, 0.6) is 0 Å². The molecule has 86 valence electrons. The summed E-state index contributed by atoms with van der Waals surface area (Å²) in [5.74, 6) is 0. The molecule has 0 aliphatic heterocycles. The van der Waals surface area contributed by atoms with Crippen molar-refractivity contribution in [2.45, 2.75) is 60.8 Å². The lowest BCUT2D eigenvalue weighted by Crippen LogP contribution is -2.08. The van der Waals surface area contributed by atoms with E-state index in [0.29, 0.717) is 5.41 Å². The Balaban J connectivity index is 4.08. The van der Waals surface area contributed by atoms with Crippen LogP contribution in [0.2, 0.25) is 0 Å². The van der Waals surface area contributed by atoms with E-state index in [9.17, 15) is 0 Å². The van der Waals surface area contributed by atoms with Gasteiger partial charge in [-0.2, -0.15) is 0 Å². The van der Waals surface area contributed by atoms with Gasteiger partial charge < -0.3 is 0 Å². The first-order valence-corrected chi connectivity index (χ1v) is 5.85. The van der Waals surface area contributed by atoms with Gasteiger partial charge in [0, 0.05) is 0 Å².